The van der Waals surface area contributed by atoms with Gasteiger partial charge in [0.1, 0.15) is 5.58 Å². The quantitative estimate of drug-likeness (QED) is 0.0559. The molecule has 101 heavy (non-hydrogen) atoms. The molecular weight excluding hydrogens is 1660 g/mol. The average molecular weight is 1770 g/mol. The van der Waals surface area contributed by atoms with Crippen LogP contribution in [0.2, 0.25) is 0 Å². The van der Waals surface area contributed by atoms with Crippen molar-refractivity contribution in [3.8, 4) is 56.3 Å². The number of pyridine rings is 7. The van der Waals surface area contributed by atoms with Gasteiger partial charge in [0.15, 0.2) is 0 Å². The van der Waals surface area contributed by atoms with Crippen LogP contribution in [0.4, 0.5) is 17.6 Å². The number of alkyl halides is 4. The molecule has 0 aliphatic heterocycles. The number of furan rings is 2. The van der Waals surface area contributed by atoms with E-state index in [2.05, 4.69) is 59.2 Å². The zero-order chi connectivity index (χ0) is 96.4. The molecule has 2 radical (unpaired) electrons. The van der Waals surface area contributed by atoms with Crippen molar-refractivity contribution in [3.05, 3.63) is 283 Å². The van der Waals surface area contributed by atoms with Crippen molar-refractivity contribution in [2.24, 2.45) is 0 Å². The molecule has 0 unspecified atom stereocenters. The molecule has 0 saturated carbocycles. The van der Waals surface area contributed by atoms with E-state index in [1.165, 1.54) is 36.4 Å². The van der Waals surface area contributed by atoms with Crippen molar-refractivity contribution in [2.75, 3.05) is 21.4 Å². The van der Waals surface area contributed by atoms with E-state index in [-0.39, 0.29) is 96.7 Å². The van der Waals surface area contributed by atoms with Gasteiger partial charge in [0.2, 0.25) is 11.4 Å². The standard InChI is InChI=1S/C22H22N2O.C21H19N2O.3C11H8N.CHF3O3S.CH3F.2CH4O.2Ir/c1-5-15-12-23-20(11-19(15)13(2)3)18-8-6-7-16-17-10-9-14(4)24-22(17)25-21(16)18;1-12(2)18-10-19(22-11-13(18)3)17-7-5-6-15-16-9-8-14(4)23-21(16)24-20(15)17;3*1-2-6-10(7-3-1)11-8-4-5-9-12-11;2-1(3,4)8(5,6)7;3*1-2;;/h6-13H,5H2,1-4H3;5-6,8-12H,1-4H3;3*1-6,8-9H;(H,5,6,7);1H3;2*2H,1H3;;/q;4*-1;;;;;;/i1D3,2D3,3D3,4D3,5D2,13D;1D3,2D3,3D3,4D3,12D;;;;;1D;;;;. The molecule has 14 rings (SSSR count). The van der Waals surface area contributed by atoms with Crippen LogP contribution in [-0.2, 0) is 56.7 Å². The van der Waals surface area contributed by atoms with Crippen LogP contribution in [0.3, 0.4) is 0 Å². The van der Waals surface area contributed by atoms with Crippen LogP contribution in [0, 0.1) is 44.8 Å². The SMILES string of the molecule is CO.CO.O=S(=O)(O)C(F)(F)F.[2H]C([2H])([2H])c1ccc2c(n1)oc1c(-c3cc(C([2H])(C([2H])([2H])[2H])C([2H])([2H])[2H])c(C([2H])([2H])C([2H])([2H])[2H])cn3)cccc12.[2H]C([2H])([2H])c1ccc2c(n1)oc1c(-c3cc(C([2H])(C([2H])([2H])[2H])C([2H])([2H])[2H])c(C([2H])([2H])[2H])cn3)[c-]ccc12.[2H]CF.[Ir].[Ir].[c-]1ccccc1-c1ccccn1.[c-]1ccccc1-c1ccccn1.[c-]1ccccc1-c1ccccn1. The summed E-state index contributed by atoms with van der Waals surface area (Å²) in [5.41, 5.74) is -2.83. The molecule has 0 aliphatic carbocycles. The zero-order valence-electron chi connectivity index (χ0n) is 81.8. The summed E-state index contributed by atoms with van der Waals surface area (Å²) in [5, 5.41) is 15.9. The minimum Gasteiger partial charge on any atom is -0.486 e. The van der Waals surface area contributed by atoms with Crippen molar-refractivity contribution in [2.45, 2.75) is 78.5 Å². The van der Waals surface area contributed by atoms with E-state index in [0.29, 0.717) is 21.5 Å². The number of rotatable bonds is 8. The molecule has 5 aromatic carbocycles. The van der Waals surface area contributed by atoms with E-state index in [4.69, 9.17) is 71.8 Å². The van der Waals surface area contributed by atoms with Gasteiger partial charge >= 0.3 is 15.6 Å². The van der Waals surface area contributed by atoms with Crippen LogP contribution in [-0.4, -0.2) is 85.0 Å². The Morgan fingerprint density at radius 2 is 0.970 bits per heavy atom. The fourth-order valence-electron chi connectivity index (χ4n) is 8.63. The largest absolute Gasteiger partial charge is 0.522 e. The maximum atomic E-state index is 10.7. The zero-order valence-corrected chi connectivity index (χ0v) is 58.4. The van der Waals surface area contributed by atoms with Gasteiger partial charge in [-0.15, -0.1) is 126 Å². The van der Waals surface area contributed by atoms with Gasteiger partial charge in [-0.25, -0.2) is 9.97 Å². The molecule has 0 amide bonds. The smallest absolute Gasteiger partial charge is 0.486 e. The fraction of sp³-hybridized carbons (Fsp3) is 0.188. The first-order valence-corrected chi connectivity index (χ1v) is 29.8. The molecule has 21 heteroatoms. The second-order valence-corrected chi connectivity index (χ2v) is 20.5. The van der Waals surface area contributed by atoms with E-state index in [1.807, 2.05) is 127 Å². The number of aliphatic hydroxyl groups excluding tert-OH is 2. The molecule has 0 spiro atoms. The Labute approximate surface area is 655 Å². The molecule has 0 saturated heterocycles. The van der Waals surface area contributed by atoms with Gasteiger partial charge in [-0.1, -0.05) is 99.8 Å². The Morgan fingerprint density at radius 3 is 1.40 bits per heavy atom. The van der Waals surface area contributed by atoms with Crippen LogP contribution in [0.25, 0.3) is 100 Å². The Kier molecular flexibility index (Phi) is 20.5. The van der Waals surface area contributed by atoms with Gasteiger partial charge in [0.05, 0.1) is 19.8 Å². The predicted octanol–water partition coefficient (Wildman–Crippen LogP) is 19.5. The van der Waals surface area contributed by atoms with E-state index < -0.39 is 118 Å². The minimum atomic E-state index is -5.84. The Morgan fingerprint density at radius 1 is 0.515 bits per heavy atom. The number of halogens is 4. The second kappa shape index (κ2) is 42.0. The monoisotopic (exact) mass is 1770 g/mol. The van der Waals surface area contributed by atoms with E-state index >= 15 is 0 Å². The summed E-state index contributed by atoms with van der Waals surface area (Å²) in [6, 6.07) is 68.7. The topological polar surface area (TPSA) is 211 Å². The number of aryl methyl sites for hydroxylation is 4. The normalized spacial score (nSPS) is 16.0. The number of hydrogen-bond acceptors (Lipinski definition) is 13. The van der Waals surface area contributed by atoms with Gasteiger partial charge in [0, 0.05) is 157 Å². The number of nitrogens with zero attached hydrogens (tertiary/aromatic N) is 7. The first kappa shape index (κ1) is 49.2. The van der Waals surface area contributed by atoms with E-state index in [1.54, 1.807) is 36.8 Å². The summed E-state index contributed by atoms with van der Waals surface area (Å²) < 4.78 is 305. The maximum Gasteiger partial charge on any atom is 0.522 e. The number of aromatic nitrogens is 7. The van der Waals surface area contributed by atoms with Crippen LogP contribution >= 0.6 is 0 Å². The number of aliphatic hydroxyl groups is 2. The first-order chi connectivity index (χ1) is 59.3. The summed E-state index contributed by atoms with van der Waals surface area (Å²) in [7, 11) is -4.84. The fourth-order valence-corrected chi connectivity index (χ4v) is 8.63. The minimum absolute atomic E-state index is 0. The van der Waals surface area contributed by atoms with Crippen molar-refractivity contribution in [1.29, 1.82) is 0 Å². The summed E-state index contributed by atoms with van der Waals surface area (Å²) >= 11 is 0. The van der Waals surface area contributed by atoms with E-state index in [9.17, 15) is 17.6 Å². The Hall–Kier alpha value is -9.40. The van der Waals surface area contributed by atoms with Crippen LogP contribution in [0.15, 0.2) is 234 Å². The molecule has 0 atom stereocenters. The van der Waals surface area contributed by atoms with E-state index in [0.717, 1.165) is 72.5 Å². The summed E-state index contributed by atoms with van der Waals surface area (Å²) in [4.78, 5) is 29.0. The predicted molar refractivity (Wildman–Crippen MR) is 387 cm³/mol. The van der Waals surface area contributed by atoms with Crippen molar-refractivity contribution >= 4 is 54.3 Å². The number of fused-ring (bicyclic) bond motifs is 6. The van der Waals surface area contributed by atoms with Crippen LogP contribution in [0.1, 0.15) is 119 Å². The molecule has 0 fully saturated rings. The summed E-state index contributed by atoms with van der Waals surface area (Å²) in [5.74, 6) is -6.73. The molecule has 3 N–H and O–H groups in total. The van der Waals surface area contributed by atoms with Gasteiger partial charge < -0.3 is 39.0 Å². The van der Waals surface area contributed by atoms with Gasteiger partial charge in [-0.3, -0.25) is 13.9 Å². The van der Waals surface area contributed by atoms with Crippen molar-refractivity contribution in [1.82, 2.24) is 34.9 Å². The van der Waals surface area contributed by atoms with Gasteiger partial charge in [-0.05, 0) is 138 Å². The van der Waals surface area contributed by atoms with Gasteiger partial charge in [0.25, 0.3) is 0 Å². The summed E-state index contributed by atoms with van der Waals surface area (Å²) in [6.45, 7) is -25.3. The number of para-hydroxylation sites is 1. The Bertz CT molecular complexity index is 5740. The first-order valence-electron chi connectivity index (χ1n) is 43.1. The molecule has 9 aromatic heterocycles. The number of benzene rings is 5. The molecule has 9 heterocycles. The number of hydrogen-bond donors (Lipinski definition) is 3. The second-order valence-electron chi connectivity index (χ2n) is 19.1. The molecule has 530 valence electrons. The third-order valence-electron chi connectivity index (χ3n) is 12.9. The van der Waals surface area contributed by atoms with Crippen LogP contribution in [0.5, 0.6) is 0 Å². The third kappa shape index (κ3) is 23.6. The molecule has 0 aliphatic rings. The Balaban J connectivity index is 0.000000353. The van der Waals surface area contributed by atoms with Gasteiger partial charge in [-0.2, -0.15) is 21.6 Å². The molecule has 0 bridgehead atoms. The van der Waals surface area contributed by atoms with Crippen molar-refractivity contribution < 1.29 is 130 Å². The molecule has 14 nitrogen and oxygen atoms in total. The van der Waals surface area contributed by atoms with Crippen molar-refractivity contribution in [3.63, 3.8) is 0 Å². The molecular formula is C80H77F4Ir2N7O7S-4. The maximum absolute atomic E-state index is 10.7. The van der Waals surface area contributed by atoms with Crippen LogP contribution < -0.4 is 0 Å². The summed E-state index contributed by atoms with van der Waals surface area (Å²) in [6.07, 6.45) is 3.66. The molecule has 14 aromatic rings. The third-order valence-corrected chi connectivity index (χ3v) is 13.5. The average Bonchev–Trinajstić information content (AvgIpc) is 0.725.